The van der Waals surface area contributed by atoms with Crippen LogP contribution >= 0.6 is 22.6 Å². The molecular weight excluding hydrogens is 307 g/mol. The summed E-state index contributed by atoms with van der Waals surface area (Å²) in [6.45, 7) is 2.84. The Labute approximate surface area is 103 Å². The molecule has 1 aliphatic carbocycles. The van der Waals surface area contributed by atoms with Gasteiger partial charge < -0.3 is 15.0 Å². The second-order valence-electron chi connectivity index (χ2n) is 3.92. The van der Waals surface area contributed by atoms with Gasteiger partial charge in [0.05, 0.1) is 9.67 Å². The fraction of sp³-hybridized carbons (Fsp3) is 0.700. The summed E-state index contributed by atoms with van der Waals surface area (Å²) in [7, 11) is 0. The minimum atomic E-state index is 0.456. The highest BCUT2D eigenvalue weighted by atomic mass is 127. The molecule has 2 rings (SSSR count). The van der Waals surface area contributed by atoms with E-state index in [0.717, 1.165) is 35.2 Å². The number of halogens is 1. The van der Waals surface area contributed by atoms with Gasteiger partial charge in [0, 0.05) is 13.0 Å². The largest absolute Gasteiger partial charge is 0.380 e. The van der Waals surface area contributed by atoms with E-state index >= 15 is 0 Å². The number of rotatable bonds is 4. The molecule has 4 nitrogen and oxygen atoms in total. The van der Waals surface area contributed by atoms with Crippen LogP contribution in [0.3, 0.4) is 0 Å². The van der Waals surface area contributed by atoms with E-state index in [1.165, 1.54) is 0 Å². The molecule has 1 heterocycles. The second kappa shape index (κ2) is 4.69. The Morgan fingerprint density at radius 3 is 2.87 bits per heavy atom. The first kappa shape index (κ1) is 11.2. The molecule has 0 spiro atoms. The molecule has 0 bridgehead atoms. The van der Waals surface area contributed by atoms with E-state index in [0.29, 0.717) is 17.8 Å². The summed E-state index contributed by atoms with van der Waals surface area (Å²) in [6.07, 6.45) is 3.65. The van der Waals surface area contributed by atoms with Gasteiger partial charge in [-0.05, 0) is 48.3 Å². The number of ether oxygens (including phenoxy) is 1. The SMILES string of the molecule is CCOC1CC(Cc2onc(N)c2I)C1. The van der Waals surface area contributed by atoms with Gasteiger partial charge in [-0.15, -0.1) is 0 Å². The van der Waals surface area contributed by atoms with Crippen molar-refractivity contribution in [2.75, 3.05) is 12.3 Å². The van der Waals surface area contributed by atoms with E-state index < -0.39 is 0 Å². The van der Waals surface area contributed by atoms with E-state index in [1.807, 2.05) is 6.92 Å². The number of hydrogen-bond acceptors (Lipinski definition) is 4. The number of nitrogen functional groups attached to an aromatic ring is 1. The van der Waals surface area contributed by atoms with Crippen LogP contribution in [0.4, 0.5) is 5.82 Å². The van der Waals surface area contributed by atoms with Gasteiger partial charge in [-0.25, -0.2) is 0 Å². The van der Waals surface area contributed by atoms with Crippen molar-refractivity contribution in [2.45, 2.75) is 32.3 Å². The van der Waals surface area contributed by atoms with Crippen molar-refractivity contribution < 1.29 is 9.26 Å². The van der Waals surface area contributed by atoms with E-state index in [4.69, 9.17) is 15.0 Å². The number of nitrogens with zero attached hydrogens (tertiary/aromatic N) is 1. The molecule has 15 heavy (non-hydrogen) atoms. The topological polar surface area (TPSA) is 61.3 Å². The molecule has 0 radical (unpaired) electrons. The minimum absolute atomic E-state index is 0.456. The summed E-state index contributed by atoms with van der Waals surface area (Å²) in [5.41, 5.74) is 5.61. The third kappa shape index (κ3) is 2.44. The zero-order chi connectivity index (χ0) is 10.8. The van der Waals surface area contributed by atoms with Gasteiger partial charge >= 0.3 is 0 Å². The predicted octanol–water partition coefficient (Wildman–Crippen LogP) is 2.22. The fourth-order valence-corrected chi connectivity index (χ4v) is 2.35. The number of aromatic nitrogens is 1. The van der Waals surface area contributed by atoms with Crippen LogP contribution in [-0.4, -0.2) is 17.9 Å². The van der Waals surface area contributed by atoms with Gasteiger partial charge in [0.1, 0.15) is 0 Å². The number of hydrogen-bond donors (Lipinski definition) is 1. The first-order chi connectivity index (χ1) is 7.20. The van der Waals surface area contributed by atoms with Crippen LogP contribution in [0.5, 0.6) is 0 Å². The Morgan fingerprint density at radius 2 is 2.33 bits per heavy atom. The van der Waals surface area contributed by atoms with Crippen molar-refractivity contribution in [3.63, 3.8) is 0 Å². The van der Waals surface area contributed by atoms with E-state index in [1.54, 1.807) is 0 Å². The normalized spacial score (nSPS) is 25.2. The Morgan fingerprint density at radius 1 is 1.60 bits per heavy atom. The predicted molar refractivity (Wildman–Crippen MR) is 65.5 cm³/mol. The first-order valence-corrected chi connectivity index (χ1v) is 6.29. The molecule has 1 aromatic rings. The summed E-state index contributed by atoms with van der Waals surface area (Å²) >= 11 is 2.18. The van der Waals surface area contributed by atoms with Gasteiger partial charge in [0.2, 0.25) is 0 Å². The van der Waals surface area contributed by atoms with E-state index in [9.17, 15) is 0 Å². The number of nitrogens with two attached hydrogens (primary N) is 1. The summed E-state index contributed by atoms with van der Waals surface area (Å²) in [4.78, 5) is 0. The minimum Gasteiger partial charge on any atom is -0.380 e. The fourth-order valence-electron chi connectivity index (χ4n) is 1.93. The molecule has 5 heteroatoms. The molecule has 0 aromatic carbocycles. The molecule has 0 amide bonds. The lowest BCUT2D eigenvalue weighted by Gasteiger charge is -2.34. The second-order valence-corrected chi connectivity index (χ2v) is 5.00. The Bertz CT molecular complexity index is 334. The van der Waals surface area contributed by atoms with Crippen molar-refractivity contribution >= 4 is 28.4 Å². The average molecular weight is 322 g/mol. The lowest BCUT2D eigenvalue weighted by atomic mass is 9.79. The van der Waals surface area contributed by atoms with Crippen LogP contribution in [0.15, 0.2) is 4.52 Å². The van der Waals surface area contributed by atoms with Crippen LogP contribution in [-0.2, 0) is 11.2 Å². The zero-order valence-corrected chi connectivity index (χ0v) is 10.9. The van der Waals surface area contributed by atoms with Crippen molar-refractivity contribution in [2.24, 2.45) is 5.92 Å². The van der Waals surface area contributed by atoms with Crippen LogP contribution < -0.4 is 5.73 Å². The summed E-state index contributed by atoms with van der Waals surface area (Å²) in [5.74, 6) is 2.10. The Kier molecular flexibility index (Phi) is 3.50. The van der Waals surface area contributed by atoms with E-state index in [2.05, 4.69) is 27.7 Å². The molecular formula is C10H15IN2O2. The van der Waals surface area contributed by atoms with Crippen LogP contribution in [0.25, 0.3) is 0 Å². The molecule has 2 N–H and O–H groups in total. The number of anilines is 1. The third-order valence-electron chi connectivity index (χ3n) is 2.79. The molecule has 1 aromatic heterocycles. The van der Waals surface area contributed by atoms with Gasteiger partial charge in [0.15, 0.2) is 11.6 Å². The summed E-state index contributed by atoms with van der Waals surface area (Å²) < 4.78 is 11.6. The maximum Gasteiger partial charge on any atom is 0.180 e. The van der Waals surface area contributed by atoms with Crippen molar-refractivity contribution in [3.8, 4) is 0 Å². The van der Waals surface area contributed by atoms with Gasteiger partial charge in [-0.3, -0.25) is 0 Å². The maximum atomic E-state index is 5.61. The summed E-state index contributed by atoms with van der Waals surface area (Å²) in [6, 6.07) is 0. The Hall–Kier alpha value is -0.300. The average Bonchev–Trinajstić information content (AvgIpc) is 2.46. The molecule has 0 aliphatic heterocycles. The first-order valence-electron chi connectivity index (χ1n) is 5.21. The van der Waals surface area contributed by atoms with Crippen LogP contribution in [0.2, 0.25) is 0 Å². The molecule has 0 unspecified atom stereocenters. The molecule has 1 aliphatic rings. The van der Waals surface area contributed by atoms with Gasteiger partial charge in [0.25, 0.3) is 0 Å². The quantitative estimate of drug-likeness (QED) is 0.864. The van der Waals surface area contributed by atoms with Crippen molar-refractivity contribution in [1.82, 2.24) is 5.16 Å². The van der Waals surface area contributed by atoms with Crippen molar-refractivity contribution in [1.29, 1.82) is 0 Å². The maximum absolute atomic E-state index is 5.61. The Balaban J connectivity index is 1.82. The van der Waals surface area contributed by atoms with Crippen LogP contribution in [0.1, 0.15) is 25.5 Å². The zero-order valence-electron chi connectivity index (χ0n) is 8.70. The molecule has 1 saturated carbocycles. The molecule has 84 valence electrons. The smallest absolute Gasteiger partial charge is 0.180 e. The standard InChI is InChI=1S/C10H15IN2O2/c1-2-14-7-3-6(4-7)5-8-9(11)10(12)13-15-8/h6-7H,2-5H2,1H3,(H2,12,13). The van der Waals surface area contributed by atoms with E-state index in [-0.39, 0.29) is 0 Å². The van der Waals surface area contributed by atoms with Gasteiger partial charge in [-0.1, -0.05) is 5.16 Å². The highest BCUT2D eigenvalue weighted by Crippen LogP contribution is 2.34. The highest BCUT2D eigenvalue weighted by Gasteiger charge is 2.31. The summed E-state index contributed by atoms with van der Waals surface area (Å²) in [5, 5.41) is 3.75. The molecule has 0 saturated heterocycles. The monoisotopic (exact) mass is 322 g/mol. The molecule has 1 fully saturated rings. The van der Waals surface area contributed by atoms with Crippen LogP contribution in [0, 0.1) is 9.49 Å². The highest BCUT2D eigenvalue weighted by molar-refractivity contribution is 14.1. The lowest BCUT2D eigenvalue weighted by molar-refractivity contribution is -0.0255. The third-order valence-corrected chi connectivity index (χ3v) is 3.95. The lowest BCUT2D eigenvalue weighted by Crippen LogP contribution is -2.32. The van der Waals surface area contributed by atoms with Gasteiger partial charge in [-0.2, -0.15) is 0 Å². The van der Waals surface area contributed by atoms with Crippen molar-refractivity contribution in [3.05, 3.63) is 9.33 Å². The molecule has 0 atom stereocenters.